The first-order valence-corrected chi connectivity index (χ1v) is 11.6. The van der Waals surface area contributed by atoms with Crippen LogP contribution in [0.25, 0.3) is 0 Å². The number of carbonyl (C=O) groups excluding carboxylic acids is 2. The molecule has 168 valence electrons. The summed E-state index contributed by atoms with van der Waals surface area (Å²) in [7, 11) is 1.90. The van der Waals surface area contributed by atoms with E-state index in [0.29, 0.717) is 6.54 Å². The van der Waals surface area contributed by atoms with E-state index in [1.165, 1.54) is 11.1 Å². The predicted molar refractivity (Wildman–Crippen MR) is 121 cm³/mol. The minimum absolute atomic E-state index is 0.103. The first-order valence-electron chi connectivity index (χ1n) is 11.6. The van der Waals surface area contributed by atoms with Gasteiger partial charge in [-0.2, -0.15) is 0 Å². The van der Waals surface area contributed by atoms with Crippen LogP contribution in [0.4, 0.5) is 5.82 Å². The lowest BCUT2D eigenvalue weighted by atomic mass is 9.84. The number of fused-ring (bicyclic) bond motifs is 1. The largest absolute Gasteiger partial charge is 0.373 e. The van der Waals surface area contributed by atoms with E-state index in [1.807, 2.05) is 16.8 Å². The van der Waals surface area contributed by atoms with Crippen molar-refractivity contribution in [3.05, 3.63) is 28.2 Å². The van der Waals surface area contributed by atoms with E-state index in [4.69, 9.17) is 9.97 Å². The quantitative estimate of drug-likeness (QED) is 0.752. The second kappa shape index (κ2) is 8.97. The van der Waals surface area contributed by atoms with Crippen molar-refractivity contribution in [2.75, 3.05) is 32.0 Å². The molecule has 1 saturated heterocycles. The Bertz CT molecular complexity index is 901. The van der Waals surface area contributed by atoms with E-state index >= 15 is 0 Å². The van der Waals surface area contributed by atoms with Gasteiger partial charge in [0.25, 0.3) is 0 Å². The smallest absolute Gasteiger partial charge is 0.226 e. The maximum atomic E-state index is 13.3. The van der Waals surface area contributed by atoms with Crippen LogP contribution >= 0.6 is 0 Å². The molecule has 3 heterocycles. The van der Waals surface area contributed by atoms with Gasteiger partial charge in [-0.1, -0.05) is 11.1 Å². The summed E-state index contributed by atoms with van der Waals surface area (Å²) in [5, 5.41) is 3.25. The molecule has 7 nitrogen and oxygen atoms in total. The predicted octanol–water partition coefficient (Wildman–Crippen LogP) is 3.27. The van der Waals surface area contributed by atoms with Crippen LogP contribution in [-0.2, 0) is 22.6 Å². The molecule has 1 fully saturated rings. The van der Waals surface area contributed by atoms with E-state index in [9.17, 15) is 9.59 Å². The van der Waals surface area contributed by atoms with Gasteiger partial charge in [-0.25, -0.2) is 9.97 Å². The molecule has 1 aromatic heterocycles. The minimum Gasteiger partial charge on any atom is -0.373 e. The van der Waals surface area contributed by atoms with Crippen molar-refractivity contribution in [1.29, 1.82) is 0 Å². The van der Waals surface area contributed by atoms with Crippen LogP contribution in [0.15, 0.2) is 11.1 Å². The van der Waals surface area contributed by atoms with Crippen LogP contribution in [0.1, 0.15) is 75.9 Å². The SMILES string of the molecule is CNc1nc(C2CCN(C(C)=O)CC2)nc2c1CCN(C(=O)[C@H]1CCC(C)=C(C)C1)C2. The molecule has 2 aliphatic heterocycles. The van der Waals surface area contributed by atoms with Gasteiger partial charge >= 0.3 is 0 Å². The molecule has 1 atom stereocenters. The Morgan fingerprint density at radius 1 is 0.968 bits per heavy atom. The zero-order valence-corrected chi connectivity index (χ0v) is 19.3. The summed E-state index contributed by atoms with van der Waals surface area (Å²) in [4.78, 5) is 38.6. The highest BCUT2D eigenvalue weighted by Crippen LogP contribution is 2.33. The Balaban J connectivity index is 1.51. The monoisotopic (exact) mass is 425 g/mol. The molecule has 0 radical (unpaired) electrons. The molecular formula is C24H35N5O2. The Morgan fingerprint density at radius 3 is 2.35 bits per heavy atom. The highest BCUT2D eigenvalue weighted by molar-refractivity contribution is 5.80. The maximum Gasteiger partial charge on any atom is 0.226 e. The second-order valence-corrected chi connectivity index (χ2v) is 9.40. The lowest BCUT2D eigenvalue weighted by molar-refractivity contribution is -0.137. The number of nitrogens with zero attached hydrogens (tertiary/aromatic N) is 4. The summed E-state index contributed by atoms with van der Waals surface area (Å²) in [5.74, 6) is 2.52. The highest BCUT2D eigenvalue weighted by Gasteiger charge is 2.32. The minimum atomic E-state index is 0.103. The lowest BCUT2D eigenvalue weighted by Crippen LogP contribution is -2.41. The summed E-state index contributed by atoms with van der Waals surface area (Å²) >= 11 is 0. The Morgan fingerprint density at radius 2 is 1.71 bits per heavy atom. The average Bonchev–Trinajstić information content (AvgIpc) is 2.79. The van der Waals surface area contributed by atoms with Gasteiger partial charge in [0.1, 0.15) is 11.6 Å². The van der Waals surface area contributed by atoms with E-state index in [2.05, 4.69) is 19.2 Å². The van der Waals surface area contributed by atoms with Crippen LogP contribution in [-0.4, -0.2) is 58.3 Å². The molecular weight excluding hydrogens is 390 g/mol. The third-order valence-corrected chi connectivity index (χ3v) is 7.43. The normalized spacial score (nSPS) is 22.4. The molecule has 3 aliphatic rings. The summed E-state index contributed by atoms with van der Waals surface area (Å²) in [5.41, 5.74) is 4.95. The third kappa shape index (κ3) is 4.46. The van der Waals surface area contributed by atoms with Crippen LogP contribution in [0, 0.1) is 5.92 Å². The molecule has 0 aromatic carbocycles. The van der Waals surface area contributed by atoms with E-state index in [-0.39, 0.29) is 23.7 Å². The van der Waals surface area contributed by atoms with Crippen molar-refractivity contribution in [3.63, 3.8) is 0 Å². The number of aromatic nitrogens is 2. The molecule has 2 amide bonds. The molecule has 0 spiro atoms. The second-order valence-electron chi connectivity index (χ2n) is 9.40. The zero-order chi connectivity index (χ0) is 22.1. The van der Waals surface area contributed by atoms with Crippen molar-refractivity contribution in [3.8, 4) is 0 Å². The van der Waals surface area contributed by atoms with Crippen molar-refractivity contribution >= 4 is 17.6 Å². The van der Waals surface area contributed by atoms with Gasteiger partial charge < -0.3 is 15.1 Å². The van der Waals surface area contributed by atoms with Crippen molar-refractivity contribution in [2.24, 2.45) is 5.92 Å². The molecule has 4 rings (SSSR count). The standard InChI is InChI=1S/C24H35N5O2/c1-15-5-6-19(13-16(15)2)24(31)29-12-9-20-21(14-29)26-22(27-23(20)25-4)18-7-10-28(11-8-18)17(3)30/h18-19H,5-14H2,1-4H3,(H,25,26,27)/t19-/m0/s1. The van der Waals surface area contributed by atoms with Crippen molar-refractivity contribution in [1.82, 2.24) is 19.8 Å². The number of piperidine rings is 1. The Labute approximate surface area is 185 Å². The summed E-state index contributed by atoms with van der Waals surface area (Å²) < 4.78 is 0. The van der Waals surface area contributed by atoms with Gasteiger partial charge in [0.15, 0.2) is 0 Å². The molecule has 1 N–H and O–H groups in total. The van der Waals surface area contributed by atoms with E-state index in [1.54, 1.807) is 6.92 Å². The number of hydrogen-bond donors (Lipinski definition) is 1. The summed E-state index contributed by atoms with van der Waals surface area (Å²) in [6.07, 6.45) is 5.44. The number of carbonyl (C=O) groups is 2. The maximum absolute atomic E-state index is 13.3. The number of nitrogens with one attached hydrogen (secondary N) is 1. The summed E-state index contributed by atoms with van der Waals surface area (Å²) in [6.45, 7) is 8.80. The highest BCUT2D eigenvalue weighted by atomic mass is 16.2. The number of likely N-dealkylation sites (tertiary alicyclic amines) is 1. The average molecular weight is 426 g/mol. The van der Waals surface area contributed by atoms with Gasteiger partial charge in [0, 0.05) is 51.0 Å². The molecule has 1 aromatic rings. The van der Waals surface area contributed by atoms with Crippen LogP contribution < -0.4 is 5.32 Å². The van der Waals surface area contributed by atoms with Gasteiger partial charge in [0.2, 0.25) is 11.8 Å². The van der Waals surface area contributed by atoms with Gasteiger partial charge in [-0.3, -0.25) is 9.59 Å². The van der Waals surface area contributed by atoms with E-state index < -0.39 is 0 Å². The van der Waals surface area contributed by atoms with E-state index in [0.717, 1.165) is 81.1 Å². The molecule has 31 heavy (non-hydrogen) atoms. The third-order valence-electron chi connectivity index (χ3n) is 7.43. The Hall–Kier alpha value is -2.44. The lowest BCUT2D eigenvalue weighted by Gasteiger charge is -2.34. The van der Waals surface area contributed by atoms with Gasteiger partial charge in [-0.15, -0.1) is 0 Å². The molecule has 0 saturated carbocycles. The fourth-order valence-electron chi connectivity index (χ4n) is 5.20. The molecule has 0 unspecified atom stereocenters. The number of rotatable bonds is 3. The zero-order valence-electron chi connectivity index (χ0n) is 19.3. The first kappa shape index (κ1) is 21.8. The fraction of sp³-hybridized carbons (Fsp3) is 0.667. The first-order chi connectivity index (χ1) is 14.9. The van der Waals surface area contributed by atoms with Crippen molar-refractivity contribution < 1.29 is 9.59 Å². The number of amides is 2. The van der Waals surface area contributed by atoms with Gasteiger partial charge in [-0.05, 0) is 52.4 Å². The summed E-state index contributed by atoms with van der Waals surface area (Å²) in [6, 6.07) is 0. The molecule has 0 bridgehead atoms. The molecule has 7 heteroatoms. The Kier molecular flexibility index (Phi) is 6.30. The van der Waals surface area contributed by atoms with Gasteiger partial charge in [0.05, 0.1) is 12.2 Å². The topological polar surface area (TPSA) is 78.4 Å². The molecule has 1 aliphatic carbocycles. The van der Waals surface area contributed by atoms with Crippen LogP contribution in [0.2, 0.25) is 0 Å². The van der Waals surface area contributed by atoms with Crippen LogP contribution in [0.3, 0.4) is 0 Å². The van der Waals surface area contributed by atoms with Crippen molar-refractivity contribution in [2.45, 2.75) is 71.8 Å². The van der Waals surface area contributed by atoms with Crippen LogP contribution in [0.5, 0.6) is 0 Å². The number of allylic oxidation sites excluding steroid dienone is 2. The number of hydrogen-bond acceptors (Lipinski definition) is 5. The number of anilines is 1. The fourth-order valence-corrected chi connectivity index (χ4v) is 5.20.